The topological polar surface area (TPSA) is 43.8 Å². The fourth-order valence-corrected chi connectivity index (χ4v) is 3.91. The van der Waals surface area contributed by atoms with Crippen LogP contribution >= 0.6 is 24.0 Å². The number of hydrogen-bond donors (Lipinski definition) is 1. The van der Waals surface area contributed by atoms with Gasteiger partial charge in [0.1, 0.15) is 10.1 Å². The fraction of sp³-hybridized carbons (Fsp3) is 0.375. The Morgan fingerprint density at radius 3 is 2.68 bits per heavy atom. The van der Waals surface area contributed by atoms with Gasteiger partial charge in [-0.3, -0.25) is 14.6 Å². The summed E-state index contributed by atoms with van der Waals surface area (Å²) in [5, 5.41) is 9.83. The third-order valence-electron chi connectivity index (χ3n) is 3.89. The highest BCUT2D eigenvalue weighted by molar-refractivity contribution is 8.26. The van der Waals surface area contributed by atoms with Crippen LogP contribution < -0.4 is 0 Å². The standard InChI is InChI=1S/C16H18N2O2S2/c19-13-7-3-2-6-12(13)10-14-15(20)18(16(21)22-14)11-17-8-4-1-5-9-17/h2-3,6-7,10,19H,1,4-5,8-9,11H2/b14-10+. The third-order valence-corrected chi connectivity index (χ3v) is 5.26. The molecular formula is C16H18N2O2S2. The number of piperidine rings is 1. The lowest BCUT2D eigenvalue weighted by molar-refractivity contribution is -0.123. The lowest BCUT2D eigenvalue weighted by atomic mass is 10.1. The predicted octanol–water partition coefficient (Wildman–Crippen LogP) is 3.04. The van der Waals surface area contributed by atoms with E-state index in [0.717, 1.165) is 13.1 Å². The lowest BCUT2D eigenvalue weighted by Crippen LogP contribution is -2.42. The van der Waals surface area contributed by atoms with Gasteiger partial charge in [-0.2, -0.15) is 0 Å². The number of thiocarbonyl (C=S) groups is 1. The lowest BCUT2D eigenvalue weighted by Gasteiger charge is -2.29. The molecule has 116 valence electrons. The molecule has 1 N–H and O–H groups in total. The van der Waals surface area contributed by atoms with E-state index in [1.807, 2.05) is 6.07 Å². The van der Waals surface area contributed by atoms with Gasteiger partial charge in [-0.15, -0.1) is 0 Å². The maximum atomic E-state index is 12.5. The summed E-state index contributed by atoms with van der Waals surface area (Å²) in [7, 11) is 0. The molecule has 22 heavy (non-hydrogen) atoms. The molecular weight excluding hydrogens is 316 g/mol. The largest absolute Gasteiger partial charge is 0.507 e. The van der Waals surface area contributed by atoms with Crippen LogP contribution in [0, 0.1) is 0 Å². The Kier molecular flexibility index (Phi) is 4.81. The molecule has 0 saturated carbocycles. The number of phenols is 1. The number of benzene rings is 1. The zero-order valence-corrected chi connectivity index (χ0v) is 13.8. The molecule has 0 aromatic heterocycles. The van der Waals surface area contributed by atoms with Gasteiger partial charge in [0, 0.05) is 5.56 Å². The van der Waals surface area contributed by atoms with E-state index in [-0.39, 0.29) is 11.7 Å². The maximum Gasteiger partial charge on any atom is 0.267 e. The number of hydrogen-bond acceptors (Lipinski definition) is 5. The number of nitrogens with zero attached hydrogens (tertiary/aromatic N) is 2. The summed E-state index contributed by atoms with van der Waals surface area (Å²) in [6, 6.07) is 6.99. The molecule has 0 spiro atoms. The molecule has 2 saturated heterocycles. The Labute approximate surface area is 139 Å². The molecule has 2 aliphatic heterocycles. The molecule has 0 unspecified atom stereocenters. The summed E-state index contributed by atoms with van der Waals surface area (Å²) in [6.07, 6.45) is 5.35. The van der Waals surface area contributed by atoms with Crippen molar-refractivity contribution in [1.82, 2.24) is 9.80 Å². The van der Waals surface area contributed by atoms with Crippen LogP contribution in [0.5, 0.6) is 5.75 Å². The number of para-hydroxylation sites is 1. The van der Waals surface area contributed by atoms with E-state index in [2.05, 4.69) is 4.90 Å². The fourth-order valence-electron chi connectivity index (χ4n) is 2.67. The number of carbonyl (C=O) groups excluding carboxylic acids is 1. The second-order valence-corrected chi connectivity index (χ2v) is 7.16. The summed E-state index contributed by atoms with van der Waals surface area (Å²) in [5.74, 6) is 0.104. The van der Waals surface area contributed by atoms with Crippen molar-refractivity contribution >= 4 is 40.3 Å². The van der Waals surface area contributed by atoms with E-state index >= 15 is 0 Å². The molecule has 0 aliphatic carbocycles. The predicted molar refractivity (Wildman–Crippen MR) is 93.4 cm³/mol. The van der Waals surface area contributed by atoms with E-state index in [9.17, 15) is 9.90 Å². The quantitative estimate of drug-likeness (QED) is 0.680. The molecule has 2 aliphatic rings. The molecule has 6 heteroatoms. The Bertz CT molecular complexity index is 624. The first-order valence-corrected chi connectivity index (χ1v) is 8.63. The molecule has 2 fully saturated rings. The van der Waals surface area contributed by atoms with Crippen LogP contribution in [-0.2, 0) is 4.79 Å². The van der Waals surface area contributed by atoms with Crippen molar-refractivity contribution in [2.24, 2.45) is 0 Å². The minimum absolute atomic E-state index is 0.0659. The van der Waals surface area contributed by atoms with Gasteiger partial charge in [0.25, 0.3) is 5.91 Å². The molecule has 0 bridgehead atoms. The van der Waals surface area contributed by atoms with Crippen molar-refractivity contribution in [3.8, 4) is 5.75 Å². The summed E-state index contributed by atoms with van der Waals surface area (Å²) in [4.78, 5) is 17.1. The highest BCUT2D eigenvalue weighted by Gasteiger charge is 2.33. The molecule has 2 heterocycles. The average molecular weight is 334 g/mol. The Hall–Kier alpha value is -1.37. The van der Waals surface area contributed by atoms with Gasteiger partial charge < -0.3 is 5.11 Å². The number of phenolic OH excluding ortho intramolecular Hbond substituents is 1. The highest BCUT2D eigenvalue weighted by Crippen LogP contribution is 2.34. The van der Waals surface area contributed by atoms with Crippen LogP contribution in [0.4, 0.5) is 0 Å². The van der Waals surface area contributed by atoms with E-state index in [0.29, 0.717) is 21.5 Å². The summed E-state index contributed by atoms with van der Waals surface area (Å²) in [6.45, 7) is 2.62. The summed E-state index contributed by atoms with van der Waals surface area (Å²) < 4.78 is 0.595. The minimum Gasteiger partial charge on any atom is -0.507 e. The molecule has 0 radical (unpaired) electrons. The second-order valence-electron chi connectivity index (χ2n) is 5.49. The van der Waals surface area contributed by atoms with Crippen molar-refractivity contribution in [2.75, 3.05) is 19.8 Å². The first-order chi connectivity index (χ1) is 10.6. The van der Waals surface area contributed by atoms with E-state index in [4.69, 9.17) is 12.2 Å². The van der Waals surface area contributed by atoms with E-state index in [1.165, 1.54) is 31.0 Å². The van der Waals surface area contributed by atoms with Gasteiger partial charge in [0.05, 0.1) is 11.6 Å². The Morgan fingerprint density at radius 1 is 1.23 bits per heavy atom. The van der Waals surface area contributed by atoms with Crippen molar-refractivity contribution in [3.05, 3.63) is 34.7 Å². The van der Waals surface area contributed by atoms with Crippen molar-refractivity contribution in [1.29, 1.82) is 0 Å². The van der Waals surface area contributed by atoms with Crippen LogP contribution in [-0.4, -0.2) is 44.9 Å². The van der Waals surface area contributed by atoms with Crippen molar-refractivity contribution in [3.63, 3.8) is 0 Å². The molecule has 1 aromatic rings. The average Bonchev–Trinajstić information content (AvgIpc) is 2.78. The minimum atomic E-state index is -0.0659. The summed E-state index contributed by atoms with van der Waals surface area (Å²) >= 11 is 6.66. The monoisotopic (exact) mass is 334 g/mol. The van der Waals surface area contributed by atoms with Crippen LogP contribution in [0.1, 0.15) is 24.8 Å². The number of rotatable bonds is 3. The van der Waals surface area contributed by atoms with Gasteiger partial charge in [-0.25, -0.2) is 0 Å². The van der Waals surface area contributed by atoms with Crippen LogP contribution in [0.15, 0.2) is 29.2 Å². The number of thioether (sulfide) groups is 1. The van der Waals surface area contributed by atoms with E-state index in [1.54, 1.807) is 29.2 Å². The normalized spacial score (nSPS) is 21.8. The van der Waals surface area contributed by atoms with E-state index < -0.39 is 0 Å². The number of carbonyl (C=O) groups is 1. The maximum absolute atomic E-state index is 12.5. The molecule has 1 amide bonds. The second kappa shape index (κ2) is 6.81. The van der Waals surface area contributed by atoms with Crippen molar-refractivity contribution in [2.45, 2.75) is 19.3 Å². The SMILES string of the molecule is O=C1/C(=C\c2ccccc2O)SC(=S)N1CN1CCCCC1. The number of amides is 1. The highest BCUT2D eigenvalue weighted by atomic mass is 32.2. The van der Waals surface area contributed by atoms with Gasteiger partial charge in [-0.1, -0.05) is 48.6 Å². The van der Waals surface area contributed by atoms with Gasteiger partial charge in [0.15, 0.2) is 0 Å². The van der Waals surface area contributed by atoms with Crippen molar-refractivity contribution < 1.29 is 9.90 Å². The smallest absolute Gasteiger partial charge is 0.267 e. The van der Waals surface area contributed by atoms with Crippen LogP contribution in [0.25, 0.3) is 6.08 Å². The molecule has 3 rings (SSSR count). The van der Waals surface area contributed by atoms with Crippen LogP contribution in [0.2, 0.25) is 0 Å². The Morgan fingerprint density at radius 2 is 1.95 bits per heavy atom. The molecule has 1 aromatic carbocycles. The summed E-state index contributed by atoms with van der Waals surface area (Å²) in [5.41, 5.74) is 0.640. The van der Waals surface area contributed by atoms with Crippen LogP contribution in [0.3, 0.4) is 0 Å². The molecule has 0 atom stereocenters. The van der Waals surface area contributed by atoms with Gasteiger partial charge >= 0.3 is 0 Å². The number of likely N-dealkylation sites (tertiary alicyclic amines) is 1. The number of aromatic hydroxyl groups is 1. The van der Waals surface area contributed by atoms with Gasteiger partial charge in [0.2, 0.25) is 0 Å². The first kappa shape index (κ1) is 15.5. The first-order valence-electron chi connectivity index (χ1n) is 7.41. The van der Waals surface area contributed by atoms with Gasteiger partial charge in [-0.05, 0) is 38.1 Å². The zero-order valence-electron chi connectivity index (χ0n) is 12.2. The third kappa shape index (κ3) is 3.34. The Balaban J connectivity index is 1.75. The zero-order chi connectivity index (χ0) is 15.5. The molecule has 4 nitrogen and oxygen atoms in total.